The van der Waals surface area contributed by atoms with Gasteiger partial charge in [-0.3, -0.25) is 4.68 Å². The Bertz CT molecular complexity index is 985. The Morgan fingerprint density at radius 3 is 2.96 bits per heavy atom. The van der Waals surface area contributed by atoms with Crippen molar-refractivity contribution in [3.8, 4) is 0 Å². The lowest BCUT2D eigenvalue weighted by Crippen LogP contribution is -2.03. The maximum Gasteiger partial charge on any atom is 0.196 e. The molecule has 23 heavy (non-hydrogen) atoms. The van der Waals surface area contributed by atoms with E-state index in [1.807, 2.05) is 42.2 Å². The molecule has 0 amide bonds. The Labute approximate surface area is 133 Å². The number of fused-ring (bicyclic) bond motifs is 3. The number of benzene rings is 1. The first-order chi connectivity index (χ1) is 11.3. The zero-order valence-electron chi connectivity index (χ0n) is 13.1. The molecule has 0 radical (unpaired) electrons. The summed E-state index contributed by atoms with van der Waals surface area (Å²) < 4.78 is 7.77. The third-order valence-electron chi connectivity index (χ3n) is 3.93. The minimum absolute atomic E-state index is 0.653. The molecule has 0 saturated heterocycles. The predicted molar refractivity (Wildman–Crippen MR) is 89.2 cm³/mol. The lowest BCUT2D eigenvalue weighted by Gasteiger charge is -2.05. The number of hydrogen-bond acceptors (Lipinski definition) is 5. The van der Waals surface area contributed by atoms with E-state index >= 15 is 0 Å². The largest absolute Gasteiger partial charge is 0.450 e. The fourth-order valence-electron chi connectivity index (χ4n) is 2.86. The topological polar surface area (TPSA) is 68.8 Å². The molecule has 4 rings (SSSR count). The number of aryl methyl sites for hydroxylation is 2. The smallest absolute Gasteiger partial charge is 0.196 e. The van der Waals surface area contributed by atoms with Crippen molar-refractivity contribution >= 4 is 27.9 Å². The van der Waals surface area contributed by atoms with E-state index in [9.17, 15) is 0 Å². The zero-order chi connectivity index (χ0) is 15.8. The van der Waals surface area contributed by atoms with E-state index < -0.39 is 0 Å². The van der Waals surface area contributed by atoms with Crippen LogP contribution in [0.4, 0.5) is 5.82 Å². The van der Waals surface area contributed by atoms with Gasteiger partial charge in [0.15, 0.2) is 11.4 Å². The molecule has 0 aliphatic heterocycles. The first-order valence-corrected chi connectivity index (χ1v) is 7.63. The van der Waals surface area contributed by atoms with Gasteiger partial charge in [0, 0.05) is 30.7 Å². The van der Waals surface area contributed by atoms with Gasteiger partial charge in [-0.05, 0) is 18.6 Å². The fraction of sp³-hybridized carbons (Fsp3) is 0.235. The number of furan rings is 1. The van der Waals surface area contributed by atoms with E-state index in [0.717, 1.165) is 34.2 Å². The van der Waals surface area contributed by atoms with E-state index in [4.69, 9.17) is 4.42 Å². The van der Waals surface area contributed by atoms with Crippen LogP contribution in [0.2, 0.25) is 0 Å². The molecule has 6 nitrogen and oxygen atoms in total. The van der Waals surface area contributed by atoms with Crippen LogP contribution in [0.3, 0.4) is 0 Å². The summed E-state index contributed by atoms with van der Waals surface area (Å²) in [6.07, 6.45) is 4.50. The normalized spacial score (nSPS) is 11.4. The van der Waals surface area contributed by atoms with Crippen molar-refractivity contribution in [1.29, 1.82) is 0 Å². The lowest BCUT2D eigenvalue weighted by molar-refractivity contribution is 0.666. The molecule has 116 valence electrons. The van der Waals surface area contributed by atoms with Crippen LogP contribution < -0.4 is 5.32 Å². The number of nitrogens with zero attached hydrogens (tertiary/aromatic N) is 4. The second-order valence-corrected chi connectivity index (χ2v) is 5.48. The highest BCUT2D eigenvalue weighted by Gasteiger charge is 2.13. The van der Waals surface area contributed by atoms with Gasteiger partial charge in [0.1, 0.15) is 17.4 Å². The third kappa shape index (κ3) is 2.32. The Hall–Kier alpha value is -2.89. The molecular formula is C17H17N5O. The molecule has 0 aliphatic rings. The molecule has 0 spiro atoms. The van der Waals surface area contributed by atoms with Crippen molar-refractivity contribution in [2.75, 3.05) is 5.32 Å². The van der Waals surface area contributed by atoms with Crippen molar-refractivity contribution in [3.05, 3.63) is 48.0 Å². The maximum atomic E-state index is 5.93. The molecule has 0 bridgehead atoms. The molecule has 0 unspecified atom stereocenters. The molecule has 0 aliphatic carbocycles. The summed E-state index contributed by atoms with van der Waals surface area (Å²) in [5.74, 6) is 0.706. The molecule has 3 aromatic heterocycles. The van der Waals surface area contributed by atoms with Gasteiger partial charge in [0.25, 0.3) is 0 Å². The molecule has 0 atom stereocenters. The number of nitrogens with one attached hydrogen (secondary N) is 1. The van der Waals surface area contributed by atoms with E-state index in [0.29, 0.717) is 17.9 Å². The van der Waals surface area contributed by atoms with Gasteiger partial charge in [-0.25, -0.2) is 9.97 Å². The van der Waals surface area contributed by atoms with Crippen LogP contribution in [-0.4, -0.2) is 19.7 Å². The first-order valence-electron chi connectivity index (χ1n) is 7.63. The van der Waals surface area contributed by atoms with Crippen molar-refractivity contribution in [2.24, 2.45) is 7.05 Å². The Morgan fingerprint density at radius 1 is 1.22 bits per heavy atom. The highest BCUT2D eigenvalue weighted by atomic mass is 16.3. The highest BCUT2D eigenvalue weighted by Crippen LogP contribution is 2.30. The second-order valence-electron chi connectivity index (χ2n) is 5.48. The van der Waals surface area contributed by atoms with Crippen molar-refractivity contribution in [3.63, 3.8) is 0 Å². The van der Waals surface area contributed by atoms with Gasteiger partial charge < -0.3 is 9.73 Å². The minimum atomic E-state index is 0.653. The van der Waals surface area contributed by atoms with Crippen molar-refractivity contribution in [2.45, 2.75) is 19.9 Å². The third-order valence-corrected chi connectivity index (χ3v) is 3.93. The van der Waals surface area contributed by atoms with Gasteiger partial charge in [0.05, 0.1) is 5.69 Å². The van der Waals surface area contributed by atoms with E-state index in [1.165, 1.54) is 0 Å². The number of para-hydroxylation sites is 1. The minimum Gasteiger partial charge on any atom is -0.450 e. The molecule has 6 heteroatoms. The summed E-state index contributed by atoms with van der Waals surface area (Å²) in [6.45, 7) is 2.76. The predicted octanol–water partition coefficient (Wildman–Crippen LogP) is 3.28. The molecule has 4 aromatic rings. The van der Waals surface area contributed by atoms with E-state index in [2.05, 4.69) is 27.3 Å². The van der Waals surface area contributed by atoms with Crippen LogP contribution in [0.1, 0.15) is 18.2 Å². The molecule has 0 fully saturated rings. The van der Waals surface area contributed by atoms with E-state index in [1.54, 1.807) is 6.33 Å². The summed E-state index contributed by atoms with van der Waals surface area (Å²) in [7, 11) is 1.94. The first kappa shape index (κ1) is 13.8. The molecular weight excluding hydrogens is 290 g/mol. The number of aromatic nitrogens is 4. The summed E-state index contributed by atoms with van der Waals surface area (Å²) in [4.78, 5) is 8.70. The van der Waals surface area contributed by atoms with Crippen LogP contribution >= 0.6 is 0 Å². The highest BCUT2D eigenvalue weighted by molar-refractivity contribution is 6.05. The molecule has 3 heterocycles. The summed E-state index contributed by atoms with van der Waals surface area (Å²) >= 11 is 0. The number of hydrogen-bond donors (Lipinski definition) is 1. The van der Waals surface area contributed by atoms with Crippen LogP contribution in [0, 0.1) is 0 Å². The number of rotatable bonds is 4. The Morgan fingerprint density at radius 2 is 2.09 bits per heavy atom. The van der Waals surface area contributed by atoms with Crippen LogP contribution in [0.25, 0.3) is 22.1 Å². The van der Waals surface area contributed by atoms with Crippen LogP contribution in [-0.2, 0) is 20.0 Å². The van der Waals surface area contributed by atoms with Gasteiger partial charge >= 0.3 is 0 Å². The number of anilines is 1. The van der Waals surface area contributed by atoms with Gasteiger partial charge in [-0.2, -0.15) is 5.10 Å². The van der Waals surface area contributed by atoms with E-state index in [-0.39, 0.29) is 0 Å². The van der Waals surface area contributed by atoms with Crippen molar-refractivity contribution < 1.29 is 4.42 Å². The fourth-order valence-corrected chi connectivity index (χ4v) is 2.86. The summed E-state index contributed by atoms with van der Waals surface area (Å²) in [6, 6.07) is 7.88. The summed E-state index contributed by atoms with van der Waals surface area (Å²) in [5, 5.41) is 8.82. The molecule has 1 N–H and O–H groups in total. The van der Waals surface area contributed by atoms with Crippen LogP contribution in [0.5, 0.6) is 0 Å². The molecule has 0 saturated carbocycles. The van der Waals surface area contributed by atoms with Gasteiger partial charge in [0.2, 0.25) is 0 Å². The SMILES string of the molecule is CCc1nn(C)cc1CNc1ncnc2c1oc1ccccc12. The van der Waals surface area contributed by atoms with Crippen LogP contribution in [0.15, 0.2) is 41.2 Å². The van der Waals surface area contributed by atoms with Crippen molar-refractivity contribution in [1.82, 2.24) is 19.7 Å². The second kappa shape index (κ2) is 5.39. The Balaban J connectivity index is 1.71. The standard InChI is InChI=1S/C17H17N5O/c1-3-13-11(9-22(2)21-13)8-18-17-16-15(19-10-20-17)12-6-4-5-7-14(12)23-16/h4-7,9-10H,3,8H2,1-2H3,(H,18,19,20). The monoisotopic (exact) mass is 307 g/mol. The molecule has 1 aromatic carbocycles. The quantitative estimate of drug-likeness (QED) is 0.626. The average molecular weight is 307 g/mol. The zero-order valence-corrected chi connectivity index (χ0v) is 13.1. The lowest BCUT2D eigenvalue weighted by atomic mass is 10.2. The average Bonchev–Trinajstić information content (AvgIpc) is 3.13. The Kier molecular flexibility index (Phi) is 3.22. The van der Waals surface area contributed by atoms with Gasteiger partial charge in [-0.1, -0.05) is 19.1 Å². The summed E-state index contributed by atoms with van der Waals surface area (Å²) in [5.41, 5.74) is 4.60. The maximum absolute atomic E-state index is 5.93. The van der Waals surface area contributed by atoms with Gasteiger partial charge in [-0.15, -0.1) is 0 Å².